The van der Waals surface area contributed by atoms with Crippen molar-refractivity contribution in [3.63, 3.8) is 0 Å². The van der Waals surface area contributed by atoms with Crippen LogP contribution in [0.3, 0.4) is 0 Å². The van der Waals surface area contributed by atoms with Crippen LogP contribution in [0.5, 0.6) is 0 Å². The van der Waals surface area contributed by atoms with Crippen LogP contribution in [0, 0.1) is 6.92 Å². The number of carbonyl (C=O) groups is 1. The lowest BCUT2D eigenvalue weighted by molar-refractivity contribution is 0.0204. The molecule has 0 radical (unpaired) electrons. The molecule has 1 fully saturated rings. The zero-order chi connectivity index (χ0) is 16.6. The molecule has 0 saturated carbocycles. The summed E-state index contributed by atoms with van der Waals surface area (Å²) in [6, 6.07) is 2.19. The van der Waals surface area contributed by atoms with Gasteiger partial charge in [0.05, 0.1) is 12.2 Å². The van der Waals surface area contributed by atoms with Crippen molar-refractivity contribution in [2.24, 2.45) is 4.99 Å². The number of nitrogens with zero attached hydrogens (tertiary/aromatic N) is 3. The van der Waals surface area contributed by atoms with Gasteiger partial charge in [0.1, 0.15) is 5.60 Å². The van der Waals surface area contributed by atoms with Gasteiger partial charge in [-0.25, -0.2) is 4.79 Å². The molecule has 5 heteroatoms. The van der Waals surface area contributed by atoms with E-state index >= 15 is 0 Å². The first kappa shape index (κ1) is 16.0. The lowest BCUT2D eigenvalue weighted by Gasteiger charge is -2.33. The maximum Gasteiger partial charge on any atom is 0.410 e. The van der Waals surface area contributed by atoms with E-state index in [4.69, 9.17) is 9.72 Å². The molecule has 2 aliphatic heterocycles. The Morgan fingerprint density at radius 2 is 2.00 bits per heavy atom. The number of fused-ring (bicyclic) bond motifs is 1. The number of aryl methyl sites for hydroxylation is 1. The number of piperidine rings is 1. The second-order valence-electron chi connectivity index (χ2n) is 7.44. The highest BCUT2D eigenvalue weighted by Gasteiger charge is 2.29. The van der Waals surface area contributed by atoms with Crippen molar-refractivity contribution in [2.45, 2.75) is 58.6 Å². The molecule has 23 heavy (non-hydrogen) atoms. The minimum absolute atomic E-state index is 0.206. The quantitative estimate of drug-likeness (QED) is 0.797. The van der Waals surface area contributed by atoms with Crippen LogP contribution in [0.4, 0.5) is 4.79 Å². The van der Waals surface area contributed by atoms with E-state index in [1.165, 1.54) is 11.3 Å². The molecule has 0 bridgehead atoms. The molecule has 3 rings (SSSR count). The second-order valence-corrected chi connectivity index (χ2v) is 7.44. The standard InChI is InChI=1S/C18H25N3O2/c1-12-9-14-10-19-11-15(14)20-16(12)13-5-7-21(8-6-13)17(22)23-18(2,3)4/h9-10,13H,5-8,11H2,1-4H3. The van der Waals surface area contributed by atoms with Gasteiger partial charge in [-0.15, -0.1) is 0 Å². The summed E-state index contributed by atoms with van der Waals surface area (Å²) in [6.07, 6.45) is 3.58. The van der Waals surface area contributed by atoms with E-state index in [1.54, 1.807) is 0 Å². The summed E-state index contributed by atoms with van der Waals surface area (Å²) < 4.78 is 5.46. The molecule has 1 aromatic heterocycles. The maximum absolute atomic E-state index is 12.1. The molecule has 3 heterocycles. The Morgan fingerprint density at radius 3 is 2.65 bits per heavy atom. The Kier molecular flexibility index (Phi) is 4.13. The van der Waals surface area contributed by atoms with Crippen LogP contribution in [0.2, 0.25) is 0 Å². The van der Waals surface area contributed by atoms with Crippen LogP contribution >= 0.6 is 0 Å². The van der Waals surface area contributed by atoms with Crippen LogP contribution in [0.1, 0.15) is 62.0 Å². The molecule has 1 saturated heterocycles. The molecular weight excluding hydrogens is 290 g/mol. The van der Waals surface area contributed by atoms with Gasteiger partial charge < -0.3 is 9.64 Å². The van der Waals surface area contributed by atoms with Gasteiger partial charge in [0.25, 0.3) is 0 Å². The molecule has 0 atom stereocenters. The predicted octanol–water partition coefficient (Wildman–Crippen LogP) is 3.44. The van der Waals surface area contributed by atoms with Gasteiger partial charge >= 0.3 is 6.09 Å². The zero-order valence-corrected chi connectivity index (χ0v) is 14.4. The van der Waals surface area contributed by atoms with Gasteiger partial charge in [-0.3, -0.25) is 9.98 Å². The Balaban J connectivity index is 1.65. The first-order chi connectivity index (χ1) is 10.8. The highest BCUT2D eigenvalue weighted by atomic mass is 16.6. The lowest BCUT2D eigenvalue weighted by atomic mass is 9.90. The third-order valence-corrected chi connectivity index (χ3v) is 4.37. The average molecular weight is 315 g/mol. The number of aliphatic imine (C=N–C) groups is 1. The number of hydrogen-bond donors (Lipinski definition) is 0. The predicted molar refractivity (Wildman–Crippen MR) is 90.1 cm³/mol. The lowest BCUT2D eigenvalue weighted by Crippen LogP contribution is -2.41. The van der Waals surface area contributed by atoms with Crippen LogP contribution in [-0.4, -0.2) is 40.9 Å². The molecule has 5 nitrogen and oxygen atoms in total. The summed E-state index contributed by atoms with van der Waals surface area (Å²) >= 11 is 0. The van der Waals surface area contributed by atoms with E-state index in [2.05, 4.69) is 18.0 Å². The van der Waals surface area contributed by atoms with E-state index in [0.717, 1.165) is 37.2 Å². The third kappa shape index (κ3) is 3.54. The number of ether oxygens (including phenoxy) is 1. The van der Waals surface area contributed by atoms with E-state index in [-0.39, 0.29) is 6.09 Å². The van der Waals surface area contributed by atoms with Gasteiger partial charge in [0, 0.05) is 36.5 Å². The van der Waals surface area contributed by atoms with E-state index < -0.39 is 5.60 Å². The molecule has 1 aromatic rings. The van der Waals surface area contributed by atoms with Crippen molar-refractivity contribution in [3.8, 4) is 0 Å². The fraction of sp³-hybridized carbons (Fsp3) is 0.611. The van der Waals surface area contributed by atoms with Crippen LogP contribution in [0.25, 0.3) is 0 Å². The normalized spacial score (nSPS) is 18.2. The topological polar surface area (TPSA) is 54.8 Å². The van der Waals surface area contributed by atoms with Crippen molar-refractivity contribution in [3.05, 3.63) is 28.6 Å². The van der Waals surface area contributed by atoms with Gasteiger partial charge in [0.15, 0.2) is 0 Å². The molecule has 0 spiro atoms. The Hall–Kier alpha value is -1.91. The van der Waals surface area contributed by atoms with Crippen molar-refractivity contribution in [1.82, 2.24) is 9.88 Å². The highest BCUT2D eigenvalue weighted by Crippen LogP contribution is 2.31. The maximum atomic E-state index is 12.1. The molecule has 124 valence electrons. The summed E-state index contributed by atoms with van der Waals surface area (Å²) in [5, 5.41) is 0. The third-order valence-electron chi connectivity index (χ3n) is 4.37. The van der Waals surface area contributed by atoms with Crippen molar-refractivity contribution in [2.75, 3.05) is 13.1 Å². The van der Waals surface area contributed by atoms with Gasteiger partial charge in [0.2, 0.25) is 0 Å². The molecule has 0 aromatic carbocycles. The first-order valence-electron chi connectivity index (χ1n) is 8.31. The largest absolute Gasteiger partial charge is 0.444 e. The highest BCUT2D eigenvalue weighted by molar-refractivity contribution is 5.83. The summed E-state index contributed by atoms with van der Waals surface area (Å²) in [5.74, 6) is 0.416. The number of hydrogen-bond acceptors (Lipinski definition) is 4. The molecule has 0 unspecified atom stereocenters. The minimum Gasteiger partial charge on any atom is -0.444 e. The van der Waals surface area contributed by atoms with Gasteiger partial charge in [-0.2, -0.15) is 0 Å². The summed E-state index contributed by atoms with van der Waals surface area (Å²) in [7, 11) is 0. The Labute approximate surface area is 137 Å². The Morgan fingerprint density at radius 1 is 1.30 bits per heavy atom. The van der Waals surface area contributed by atoms with Crippen LogP contribution < -0.4 is 0 Å². The van der Waals surface area contributed by atoms with E-state index in [0.29, 0.717) is 12.5 Å². The number of pyridine rings is 1. The summed E-state index contributed by atoms with van der Waals surface area (Å²) in [6.45, 7) is 9.98. The van der Waals surface area contributed by atoms with Crippen molar-refractivity contribution in [1.29, 1.82) is 0 Å². The molecule has 0 N–H and O–H groups in total. The van der Waals surface area contributed by atoms with E-state index in [1.807, 2.05) is 31.9 Å². The number of rotatable bonds is 1. The number of aromatic nitrogens is 1. The fourth-order valence-electron chi connectivity index (χ4n) is 3.23. The zero-order valence-electron chi connectivity index (χ0n) is 14.4. The second kappa shape index (κ2) is 5.95. The monoisotopic (exact) mass is 315 g/mol. The fourth-order valence-corrected chi connectivity index (χ4v) is 3.23. The molecular formula is C18H25N3O2. The smallest absolute Gasteiger partial charge is 0.410 e. The summed E-state index contributed by atoms with van der Waals surface area (Å²) in [5.41, 5.74) is 4.20. The molecule has 1 amide bonds. The number of carbonyl (C=O) groups excluding carboxylic acids is 1. The van der Waals surface area contributed by atoms with Gasteiger partial charge in [-0.1, -0.05) is 0 Å². The van der Waals surface area contributed by atoms with Crippen molar-refractivity contribution < 1.29 is 9.53 Å². The average Bonchev–Trinajstić information content (AvgIpc) is 2.92. The number of likely N-dealkylation sites (tertiary alicyclic amines) is 1. The first-order valence-corrected chi connectivity index (χ1v) is 8.31. The van der Waals surface area contributed by atoms with E-state index in [9.17, 15) is 4.79 Å². The van der Waals surface area contributed by atoms with Crippen molar-refractivity contribution >= 4 is 12.3 Å². The summed E-state index contributed by atoms with van der Waals surface area (Å²) in [4.78, 5) is 23.1. The van der Waals surface area contributed by atoms with Crippen LogP contribution in [0.15, 0.2) is 11.1 Å². The SMILES string of the molecule is Cc1cc2c(nc1C1CCN(C(=O)OC(C)(C)C)CC1)CN=C2. The van der Waals surface area contributed by atoms with Crippen LogP contribution in [-0.2, 0) is 11.3 Å². The number of amides is 1. The Bertz CT molecular complexity index is 638. The van der Waals surface area contributed by atoms with Gasteiger partial charge in [-0.05, 0) is 52.2 Å². The minimum atomic E-state index is -0.438. The molecule has 0 aliphatic carbocycles. The molecule has 2 aliphatic rings.